The van der Waals surface area contributed by atoms with Crippen molar-refractivity contribution in [3.63, 3.8) is 0 Å². The van der Waals surface area contributed by atoms with Crippen molar-refractivity contribution in [3.8, 4) is 0 Å². The molecule has 98 valence electrons. The van der Waals surface area contributed by atoms with Crippen molar-refractivity contribution in [2.24, 2.45) is 11.7 Å². The molecular formula is C11H19Cl2N3S. The van der Waals surface area contributed by atoms with Gasteiger partial charge in [0.05, 0.1) is 12.7 Å². The van der Waals surface area contributed by atoms with Crippen molar-refractivity contribution in [1.29, 1.82) is 0 Å². The summed E-state index contributed by atoms with van der Waals surface area (Å²) >= 11 is 7.46. The first-order valence-electron chi connectivity index (χ1n) is 5.80. The molecule has 0 spiro atoms. The zero-order valence-electron chi connectivity index (χ0n) is 9.77. The second-order valence-corrected chi connectivity index (χ2v) is 6.13. The van der Waals surface area contributed by atoms with Crippen molar-refractivity contribution in [3.05, 3.63) is 15.5 Å². The van der Waals surface area contributed by atoms with Gasteiger partial charge in [0.2, 0.25) is 0 Å². The topological polar surface area (TPSA) is 42.1 Å². The highest BCUT2D eigenvalue weighted by molar-refractivity contribution is 7.15. The van der Waals surface area contributed by atoms with E-state index < -0.39 is 0 Å². The Balaban J connectivity index is 0.00000144. The number of thiazole rings is 1. The Morgan fingerprint density at radius 2 is 2.41 bits per heavy atom. The van der Waals surface area contributed by atoms with E-state index in [2.05, 4.69) is 9.88 Å². The highest BCUT2D eigenvalue weighted by Gasteiger charge is 2.19. The molecular weight excluding hydrogens is 277 g/mol. The molecule has 1 aromatic heterocycles. The SMILES string of the molecule is Cl.NCCC1CCCN(Cc2ncc(Cl)s2)C1. The Morgan fingerprint density at radius 3 is 3.06 bits per heavy atom. The van der Waals surface area contributed by atoms with E-state index in [9.17, 15) is 0 Å². The maximum Gasteiger partial charge on any atom is 0.113 e. The van der Waals surface area contributed by atoms with Crippen LogP contribution in [-0.2, 0) is 6.54 Å². The first kappa shape index (κ1) is 15.2. The lowest BCUT2D eigenvalue weighted by Gasteiger charge is -2.31. The van der Waals surface area contributed by atoms with E-state index in [-0.39, 0.29) is 12.4 Å². The molecule has 6 heteroatoms. The minimum Gasteiger partial charge on any atom is -0.330 e. The summed E-state index contributed by atoms with van der Waals surface area (Å²) in [5, 5.41) is 1.12. The molecule has 1 aliphatic heterocycles. The fourth-order valence-corrected chi connectivity index (χ4v) is 3.32. The molecule has 2 rings (SSSR count). The van der Waals surface area contributed by atoms with E-state index in [0.29, 0.717) is 0 Å². The Hall–Kier alpha value is 0.130. The van der Waals surface area contributed by atoms with E-state index in [4.69, 9.17) is 17.3 Å². The van der Waals surface area contributed by atoms with Crippen LogP contribution < -0.4 is 5.73 Å². The van der Waals surface area contributed by atoms with Gasteiger partial charge in [-0.15, -0.1) is 23.7 Å². The van der Waals surface area contributed by atoms with Gasteiger partial charge in [-0.2, -0.15) is 0 Å². The third kappa shape index (κ3) is 4.72. The van der Waals surface area contributed by atoms with E-state index in [0.717, 1.165) is 41.3 Å². The first-order chi connectivity index (χ1) is 7.78. The quantitative estimate of drug-likeness (QED) is 0.929. The van der Waals surface area contributed by atoms with Crippen molar-refractivity contribution in [2.75, 3.05) is 19.6 Å². The minimum absolute atomic E-state index is 0. The van der Waals surface area contributed by atoms with Gasteiger partial charge < -0.3 is 5.73 Å². The summed E-state index contributed by atoms with van der Waals surface area (Å²) in [6.07, 6.45) is 5.49. The van der Waals surface area contributed by atoms with Crippen molar-refractivity contribution < 1.29 is 0 Å². The predicted molar refractivity (Wildman–Crippen MR) is 76.0 cm³/mol. The summed E-state index contributed by atoms with van der Waals surface area (Å²) in [7, 11) is 0. The second kappa shape index (κ2) is 7.54. The normalized spacial score (nSPS) is 21.2. The molecule has 3 nitrogen and oxygen atoms in total. The van der Waals surface area contributed by atoms with Gasteiger partial charge in [-0.3, -0.25) is 4.90 Å². The molecule has 1 aromatic rings. The maximum atomic E-state index is 5.88. The van der Waals surface area contributed by atoms with Crippen LogP contribution in [0.3, 0.4) is 0 Å². The number of halogens is 2. The standard InChI is InChI=1S/C11H18ClN3S.ClH/c12-10-6-14-11(16-10)8-15-5-1-2-9(7-15)3-4-13;/h6,9H,1-5,7-8,13H2;1H. The molecule has 1 fully saturated rings. The Labute approximate surface area is 118 Å². The van der Waals surface area contributed by atoms with Crippen LogP contribution in [0.15, 0.2) is 6.20 Å². The largest absolute Gasteiger partial charge is 0.330 e. The molecule has 0 radical (unpaired) electrons. The van der Waals surface area contributed by atoms with Crippen LogP contribution in [0.2, 0.25) is 4.34 Å². The van der Waals surface area contributed by atoms with Gasteiger partial charge in [0.1, 0.15) is 9.34 Å². The average Bonchev–Trinajstić information content (AvgIpc) is 2.65. The number of rotatable bonds is 4. The van der Waals surface area contributed by atoms with Gasteiger partial charge in [0.15, 0.2) is 0 Å². The van der Waals surface area contributed by atoms with Gasteiger partial charge in [-0.25, -0.2) is 4.98 Å². The smallest absolute Gasteiger partial charge is 0.113 e. The van der Waals surface area contributed by atoms with Crippen LogP contribution >= 0.6 is 35.3 Å². The van der Waals surface area contributed by atoms with Gasteiger partial charge >= 0.3 is 0 Å². The zero-order valence-corrected chi connectivity index (χ0v) is 12.2. The molecule has 17 heavy (non-hydrogen) atoms. The minimum atomic E-state index is 0. The van der Waals surface area contributed by atoms with Crippen LogP contribution in [0.4, 0.5) is 0 Å². The van der Waals surface area contributed by atoms with Crippen molar-refractivity contribution in [1.82, 2.24) is 9.88 Å². The molecule has 0 saturated carbocycles. The fourth-order valence-electron chi connectivity index (χ4n) is 2.32. The third-order valence-electron chi connectivity index (χ3n) is 3.06. The monoisotopic (exact) mass is 295 g/mol. The van der Waals surface area contributed by atoms with E-state index >= 15 is 0 Å². The number of nitrogens with zero attached hydrogens (tertiary/aromatic N) is 2. The number of likely N-dealkylation sites (tertiary alicyclic amines) is 1. The van der Waals surface area contributed by atoms with Crippen LogP contribution in [0.5, 0.6) is 0 Å². The zero-order chi connectivity index (χ0) is 11.4. The summed E-state index contributed by atoms with van der Waals surface area (Å²) in [6.45, 7) is 4.09. The number of piperidine rings is 1. The van der Waals surface area contributed by atoms with Gasteiger partial charge in [0.25, 0.3) is 0 Å². The highest BCUT2D eigenvalue weighted by Crippen LogP contribution is 2.23. The molecule has 0 aliphatic carbocycles. The summed E-state index contributed by atoms with van der Waals surface area (Å²) < 4.78 is 0.783. The Morgan fingerprint density at radius 1 is 1.59 bits per heavy atom. The molecule has 2 heterocycles. The maximum absolute atomic E-state index is 5.88. The summed E-state index contributed by atoms with van der Waals surface area (Å²) in [5.74, 6) is 0.772. The molecule has 0 aromatic carbocycles. The highest BCUT2D eigenvalue weighted by atomic mass is 35.5. The lowest BCUT2D eigenvalue weighted by atomic mass is 9.95. The van der Waals surface area contributed by atoms with Gasteiger partial charge in [-0.1, -0.05) is 11.6 Å². The molecule has 1 atom stereocenters. The summed E-state index contributed by atoms with van der Waals surface area (Å²) in [4.78, 5) is 6.77. The van der Waals surface area contributed by atoms with Gasteiger partial charge in [-0.05, 0) is 38.3 Å². The lowest BCUT2D eigenvalue weighted by Crippen LogP contribution is -2.35. The molecule has 0 amide bonds. The number of hydrogen-bond acceptors (Lipinski definition) is 4. The molecule has 1 saturated heterocycles. The van der Waals surface area contributed by atoms with Gasteiger partial charge in [0, 0.05) is 6.54 Å². The second-order valence-electron chi connectivity index (χ2n) is 4.38. The molecule has 1 unspecified atom stereocenters. The number of aromatic nitrogens is 1. The van der Waals surface area contributed by atoms with E-state index in [1.807, 2.05) is 0 Å². The molecule has 1 aliphatic rings. The Kier molecular flexibility index (Phi) is 6.74. The van der Waals surface area contributed by atoms with Crippen molar-refractivity contribution >= 4 is 35.3 Å². The first-order valence-corrected chi connectivity index (χ1v) is 7.00. The van der Waals surface area contributed by atoms with Crippen LogP contribution in [-0.4, -0.2) is 29.5 Å². The molecule has 0 bridgehead atoms. The van der Waals surface area contributed by atoms with Crippen LogP contribution in [0, 0.1) is 5.92 Å². The van der Waals surface area contributed by atoms with Crippen LogP contribution in [0.25, 0.3) is 0 Å². The number of nitrogens with two attached hydrogens (primary N) is 1. The Bertz CT molecular complexity index is 330. The fraction of sp³-hybridized carbons (Fsp3) is 0.727. The van der Waals surface area contributed by atoms with E-state index in [1.54, 1.807) is 17.5 Å². The predicted octanol–water partition coefficient (Wildman–Crippen LogP) is 2.78. The lowest BCUT2D eigenvalue weighted by molar-refractivity contribution is 0.163. The third-order valence-corrected chi connectivity index (χ3v) is 4.16. The average molecular weight is 296 g/mol. The molecule has 2 N–H and O–H groups in total. The van der Waals surface area contributed by atoms with Crippen LogP contribution in [0.1, 0.15) is 24.3 Å². The summed E-state index contributed by atoms with van der Waals surface area (Å²) in [6, 6.07) is 0. The summed E-state index contributed by atoms with van der Waals surface area (Å²) in [5.41, 5.74) is 5.61. The van der Waals surface area contributed by atoms with E-state index in [1.165, 1.54) is 19.4 Å². The van der Waals surface area contributed by atoms with Crippen molar-refractivity contribution in [2.45, 2.75) is 25.8 Å². The number of hydrogen-bond donors (Lipinski definition) is 1.